The molecule has 3 aromatic rings. The molecule has 0 spiro atoms. The Hall–Kier alpha value is -3.26. The number of nitrogens with one attached hydrogen (secondary N) is 1. The van der Waals surface area contributed by atoms with E-state index >= 15 is 0 Å². The van der Waals surface area contributed by atoms with Gasteiger partial charge in [-0.3, -0.25) is 9.59 Å². The van der Waals surface area contributed by atoms with E-state index in [0.717, 1.165) is 13.1 Å². The quantitative estimate of drug-likeness (QED) is 0.621. The lowest BCUT2D eigenvalue weighted by molar-refractivity contribution is -0.131. The average Bonchev–Trinajstić information content (AvgIpc) is 3.29. The molecule has 1 fully saturated rings. The molecule has 0 aliphatic carbocycles. The van der Waals surface area contributed by atoms with Crippen molar-refractivity contribution >= 4 is 34.5 Å². The minimum absolute atomic E-state index is 0.121. The number of rotatable bonds is 6. The van der Waals surface area contributed by atoms with Crippen molar-refractivity contribution in [2.45, 2.75) is 26.7 Å². The first-order valence-corrected chi connectivity index (χ1v) is 11.6. The second kappa shape index (κ2) is 9.91. The number of aromatic nitrogens is 2. The van der Waals surface area contributed by atoms with Crippen LogP contribution in [0.1, 0.15) is 32.4 Å². The van der Waals surface area contributed by atoms with Crippen molar-refractivity contribution in [3.05, 3.63) is 69.7 Å². The summed E-state index contributed by atoms with van der Waals surface area (Å²) in [5.74, 6) is -0.162. The predicted octanol–water partition coefficient (Wildman–Crippen LogP) is 3.69. The molecule has 1 aliphatic rings. The van der Waals surface area contributed by atoms with E-state index in [2.05, 4.69) is 52.5 Å². The Morgan fingerprint density at radius 1 is 1.00 bits per heavy atom. The van der Waals surface area contributed by atoms with Crippen LogP contribution in [0.5, 0.6) is 0 Å². The zero-order valence-corrected chi connectivity index (χ0v) is 19.2. The summed E-state index contributed by atoms with van der Waals surface area (Å²) in [6.45, 7) is 7.33. The lowest BCUT2D eigenvalue weighted by atomic mass is 10.1. The average molecular weight is 450 g/mol. The van der Waals surface area contributed by atoms with Gasteiger partial charge < -0.3 is 15.1 Å². The maximum atomic E-state index is 12.7. The Morgan fingerprint density at radius 2 is 1.75 bits per heavy atom. The van der Waals surface area contributed by atoms with Crippen molar-refractivity contribution in [3.8, 4) is 0 Å². The molecular formula is C24H27N5O2S. The lowest BCUT2D eigenvalue weighted by Crippen LogP contribution is -2.49. The number of benzene rings is 2. The van der Waals surface area contributed by atoms with Crippen LogP contribution in [-0.2, 0) is 11.2 Å². The molecule has 32 heavy (non-hydrogen) atoms. The molecule has 0 atom stereocenters. The highest BCUT2D eigenvalue weighted by molar-refractivity contribution is 7.13. The lowest BCUT2D eigenvalue weighted by Gasteiger charge is -2.37. The third-order valence-electron chi connectivity index (χ3n) is 5.58. The highest BCUT2D eigenvalue weighted by Crippen LogP contribution is 2.23. The van der Waals surface area contributed by atoms with Crippen LogP contribution in [0.25, 0.3) is 0 Å². The Bertz CT molecular complexity index is 1090. The molecule has 2 heterocycles. The monoisotopic (exact) mass is 449 g/mol. The van der Waals surface area contributed by atoms with Crippen LogP contribution in [0, 0.1) is 13.8 Å². The molecule has 1 aromatic heterocycles. The Labute approximate surface area is 192 Å². The van der Waals surface area contributed by atoms with Gasteiger partial charge in [-0.15, -0.1) is 10.2 Å². The number of hydrogen-bond acceptors (Lipinski definition) is 6. The van der Waals surface area contributed by atoms with Gasteiger partial charge in [0, 0.05) is 50.4 Å². The summed E-state index contributed by atoms with van der Waals surface area (Å²) in [5, 5.41) is 11.9. The number of para-hydroxylation sites is 1. The van der Waals surface area contributed by atoms with Gasteiger partial charge in [-0.25, -0.2) is 0 Å². The molecule has 8 heteroatoms. The molecular weight excluding hydrogens is 422 g/mol. The van der Waals surface area contributed by atoms with Crippen LogP contribution >= 0.6 is 11.3 Å². The SMILES string of the molecule is Cc1ccc(C)c(N2CCN(C(=O)CCc3nnc(C(=O)Nc4ccccc4)s3)CC2)c1. The number of carbonyl (C=O) groups is 2. The van der Waals surface area contributed by atoms with Gasteiger partial charge >= 0.3 is 0 Å². The number of carbonyl (C=O) groups excluding carboxylic acids is 2. The molecule has 2 aromatic carbocycles. The molecule has 0 unspecified atom stereocenters. The van der Waals surface area contributed by atoms with Crippen molar-refractivity contribution in [2.75, 3.05) is 36.4 Å². The standard InChI is InChI=1S/C24H27N5O2S/c1-17-8-9-18(2)20(16-17)28-12-14-29(15-13-28)22(30)11-10-21-26-27-24(32-21)23(31)25-19-6-4-3-5-7-19/h3-9,16H,10-15H2,1-2H3,(H,25,31). The van der Waals surface area contributed by atoms with E-state index < -0.39 is 0 Å². The fourth-order valence-corrected chi connectivity index (χ4v) is 4.52. The number of hydrogen-bond donors (Lipinski definition) is 1. The number of piperazine rings is 1. The first kappa shape index (κ1) is 22.0. The van der Waals surface area contributed by atoms with Crippen LogP contribution in [-0.4, -0.2) is 53.1 Å². The third kappa shape index (κ3) is 5.31. The summed E-state index contributed by atoms with van der Waals surface area (Å²) in [6.07, 6.45) is 0.866. The molecule has 166 valence electrons. The van der Waals surface area contributed by atoms with Crippen molar-refractivity contribution in [1.29, 1.82) is 0 Å². The second-order valence-electron chi connectivity index (χ2n) is 7.98. The van der Waals surface area contributed by atoms with Crippen LogP contribution in [0.3, 0.4) is 0 Å². The summed E-state index contributed by atoms with van der Waals surface area (Å²) >= 11 is 1.24. The summed E-state index contributed by atoms with van der Waals surface area (Å²) < 4.78 is 0. The van der Waals surface area contributed by atoms with Crippen LogP contribution < -0.4 is 10.2 Å². The minimum Gasteiger partial charge on any atom is -0.368 e. The smallest absolute Gasteiger partial charge is 0.286 e. The summed E-state index contributed by atoms with van der Waals surface area (Å²) in [4.78, 5) is 29.3. The highest BCUT2D eigenvalue weighted by atomic mass is 32.1. The van der Waals surface area contributed by atoms with Crippen LogP contribution in [0.2, 0.25) is 0 Å². The fourth-order valence-electron chi connectivity index (χ4n) is 3.78. The van der Waals surface area contributed by atoms with Crippen molar-refractivity contribution in [3.63, 3.8) is 0 Å². The molecule has 1 aliphatic heterocycles. The third-order valence-corrected chi connectivity index (χ3v) is 6.56. The number of aryl methyl sites for hydroxylation is 3. The Kier molecular flexibility index (Phi) is 6.80. The zero-order chi connectivity index (χ0) is 22.5. The van der Waals surface area contributed by atoms with Gasteiger partial charge in [0.2, 0.25) is 10.9 Å². The van der Waals surface area contributed by atoms with Gasteiger partial charge in [0.25, 0.3) is 5.91 Å². The first-order chi connectivity index (χ1) is 15.5. The minimum atomic E-state index is -0.283. The van der Waals surface area contributed by atoms with Gasteiger partial charge in [-0.2, -0.15) is 0 Å². The van der Waals surface area contributed by atoms with Gasteiger partial charge in [-0.1, -0.05) is 41.7 Å². The van der Waals surface area contributed by atoms with Crippen molar-refractivity contribution in [2.24, 2.45) is 0 Å². The van der Waals surface area contributed by atoms with Crippen molar-refractivity contribution in [1.82, 2.24) is 15.1 Å². The number of amides is 2. The van der Waals surface area contributed by atoms with Crippen LogP contribution in [0.15, 0.2) is 48.5 Å². The van der Waals surface area contributed by atoms with Gasteiger partial charge in [-0.05, 0) is 43.2 Å². The Balaban J connectivity index is 1.26. The zero-order valence-electron chi connectivity index (χ0n) is 18.4. The van der Waals surface area contributed by atoms with Crippen molar-refractivity contribution < 1.29 is 9.59 Å². The molecule has 4 rings (SSSR count). The molecule has 0 bridgehead atoms. The Morgan fingerprint density at radius 3 is 2.50 bits per heavy atom. The van der Waals surface area contributed by atoms with E-state index in [9.17, 15) is 9.59 Å². The van der Waals surface area contributed by atoms with E-state index in [0.29, 0.717) is 41.6 Å². The summed E-state index contributed by atoms with van der Waals surface area (Å²) in [7, 11) is 0. The first-order valence-electron chi connectivity index (χ1n) is 10.8. The van der Waals surface area contributed by atoms with E-state index in [-0.39, 0.29) is 11.8 Å². The van der Waals surface area contributed by atoms with E-state index in [1.54, 1.807) is 0 Å². The molecule has 0 saturated carbocycles. The fraction of sp³-hybridized carbons (Fsp3) is 0.333. The van der Waals surface area contributed by atoms with Gasteiger partial charge in [0.05, 0.1) is 0 Å². The summed E-state index contributed by atoms with van der Waals surface area (Å²) in [5.41, 5.74) is 4.48. The van der Waals surface area contributed by atoms with E-state index in [1.165, 1.54) is 28.2 Å². The molecule has 1 N–H and O–H groups in total. The van der Waals surface area contributed by atoms with Gasteiger partial charge in [0.1, 0.15) is 5.01 Å². The summed E-state index contributed by atoms with van der Waals surface area (Å²) in [6, 6.07) is 15.7. The van der Waals surface area contributed by atoms with E-state index in [1.807, 2.05) is 35.2 Å². The van der Waals surface area contributed by atoms with Gasteiger partial charge in [0.15, 0.2) is 0 Å². The maximum Gasteiger partial charge on any atom is 0.286 e. The number of anilines is 2. The molecule has 2 amide bonds. The number of nitrogens with zero attached hydrogens (tertiary/aromatic N) is 4. The molecule has 7 nitrogen and oxygen atoms in total. The maximum absolute atomic E-state index is 12.7. The van der Waals surface area contributed by atoms with Crippen LogP contribution in [0.4, 0.5) is 11.4 Å². The van der Waals surface area contributed by atoms with E-state index in [4.69, 9.17) is 0 Å². The molecule has 0 radical (unpaired) electrons. The normalized spacial score (nSPS) is 13.8. The second-order valence-corrected chi connectivity index (χ2v) is 9.04. The largest absolute Gasteiger partial charge is 0.368 e. The topological polar surface area (TPSA) is 78.4 Å². The predicted molar refractivity (Wildman–Crippen MR) is 127 cm³/mol. The molecule has 1 saturated heterocycles. The highest BCUT2D eigenvalue weighted by Gasteiger charge is 2.22.